The number of hydrogen-bond donors (Lipinski definition) is 0. The molecule has 2 aliphatic heterocycles. The number of benzene rings is 2. The van der Waals surface area contributed by atoms with Crippen molar-refractivity contribution in [2.24, 2.45) is 0 Å². The molecule has 31 heavy (non-hydrogen) atoms. The molecule has 0 atom stereocenters. The lowest BCUT2D eigenvalue weighted by atomic mass is 9.97. The van der Waals surface area contributed by atoms with Gasteiger partial charge in [0.15, 0.2) is 23.0 Å². The Balaban J connectivity index is 0.000000172. The molecule has 1 saturated carbocycles. The summed E-state index contributed by atoms with van der Waals surface area (Å²) in [7, 11) is 0. The van der Waals surface area contributed by atoms with Crippen molar-refractivity contribution in [3.8, 4) is 35.1 Å². The summed E-state index contributed by atoms with van der Waals surface area (Å²) in [4.78, 5) is 0. The molecule has 5 rings (SSSR count). The van der Waals surface area contributed by atoms with E-state index >= 15 is 0 Å². The Kier molecular flexibility index (Phi) is 5.36. The van der Waals surface area contributed by atoms with Gasteiger partial charge < -0.3 is 18.9 Å². The van der Waals surface area contributed by atoms with Gasteiger partial charge in [0.05, 0.1) is 24.0 Å². The number of nitrogens with zero attached hydrogens (tertiary/aromatic N) is 2. The molecule has 0 saturated heterocycles. The van der Waals surface area contributed by atoms with Gasteiger partial charge in [-0.25, -0.2) is 0 Å². The number of ether oxygens (including phenoxy) is 4. The largest absolute Gasteiger partial charge is 0.586 e. The van der Waals surface area contributed by atoms with Crippen LogP contribution in [0.25, 0.3) is 0 Å². The van der Waals surface area contributed by atoms with Crippen molar-refractivity contribution in [3.63, 3.8) is 0 Å². The van der Waals surface area contributed by atoms with E-state index in [-0.39, 0.29) is 36.8 Å². The maximum absolute atomic E-state index is 12.8. The lowest BCUT2D eigenvalue weighted by molar-refractivity contribution is -0.287. The Labute approximate surface area is 175 Å². The highest BCUT2D eigenvalue weighted by atomic mass is 19.3. The maximum atomic E-state index is 12.8. The predicted molar refractivity (Wildman–Crippen MR) is 97.9 cm³/mol. The minimum Gasteiger partial charge on any atom is -0.395 e. The Hall–Kier alpha value is -3.66. The van der Waals surface area contributed by atoms with Crippen LogP contribution in [0.4, 0.5) is 17.6 Å². The highest BCUT2D eigenvalue weighted by Crippen LogP contribution is 2.51. The van der Waals surface area contributed by atoms with Gasteiger partial charge >= 0.3 is 12.6 Å². The summed E-state index contributed by atoms with van der Waals surface area (Å²) in [5.74, 6) is -0.00838. The van der Waals surface area contributed by atoms with Gasteiger partial charge in [0.25, 0.3) is 0 Å². The third-order valence-electron chi connectivity index (χ3n) is 4.67. The van der Waals surface area contributed by atoms with E-state index in [2.05, 4.69) is 25.0 Å². The van der Waals surface area contributed by atoms with Crippen LogP contribution in [0.2, 0.25) is 0 Å². The van der Waals surface area contributed by atoms with Crippen LogP contribution in [0.3, 0.4) is 0 Å². The fourth-order valence-corrected chi connectivity index (χ4v) is 3.03. The number of alkyl halides is 4. The second kappa shape index (κ2) is 7.55. The van der Waals surface area contributed by atoms with Crippen molar-refractivity contribution in [1.82, 2.24) is 0 Å². The first-order valence-electron chi connectivity index (χ1n) is 8.73. The van der Waals surface area contributed by atoms with E-state index in [1.165, 1.54) is 24.3 Å². The standard InChI is InChI=1S/C11H7F2NO2.C9H5F2NO2.CH4/c12-11(13)15-8-2-1-7(5-9(8)16-11)10(6-14)3-4-10;10-9(11)13-7-2-1-6(3-4-12)5-8(7)14-9;/h1-2,5H,3-4H2;1-2,5H,3H2;1H4. The van der Waals surface area contributed by atoms with Gasteiger partial charge in [-0.2, -0.15) is 10.5 Å². The Morgan fingerprint density at radius 3 is 1.81 bits per heavy atom. The zero-order chi connectivity index (χ0) is 21.6. The highest BCUT2D eigenvalue weighted by molar-refractivity contribution is 5.50. The molecule has 3 aliphatic rings. The molecule has 0 unspecified atom stereocenters. The molecule has 0 radical (unpaired) electrons. The van der Waals surface area contributed by atoms with E-state index in [1.807, 2.05) is 6.07 Å². The molecule has 2 heterocycles. The van der Waals surface area contributed by atoms with Crippen molar-refractivity contribution < 1.29 is 36.5 Å². The molecular formula is C21H16F4N2O4. The second-order valence-corrected chi connectivity index (χ2v) is 6.81. The molecular weight excluding hydrogens is 420 g/mol. The first kappa shape index (κ1) is 22.0. The van der Waals surface area contributed by atoms with Crippen LogP contribution in [0.15, 0.2) is 36.4 Å². The molecule has 10 heteroatoms. The van der Waals surface area contributed by atoms with E-state index in [4.69, 9.17) is 10.5 Å². The fourth-order valence-electron chi connectivity index (χ4n) is 3.03. The number of rotatable bonds is 2. The zero-order valence-corrected chi connectivity index (χ0v) is 15.1. The smallest absolute Gasteiger partial charge is 0.395 e. The molecule has 0 N–H and O–H groups in total. The number of fused-ring (bicyclic) bond motifs is 2. The number of hydrogen-bond acceptors (Lipinski definition) is 6. The van der Waals surface area contributed by atoms with Crippen molar-refractivity contribution in [2.75, 3.05) is 0 Å². The summed E-state index contributed by atoms with van der Waals surface area (Å²) in [5, 5.41) is 17.4. The van der Waals surface area contributed by atoms with Gasteiger partial charge in [0.1, 0.15) is 0 Å². The molecule has 6 nitrogen and oxygen atoms in total. The fraction of sp³-hybridized carbons (Fsp3) is 0.333. The second-order valence-electron chi connectivity index (χ2n) is 6.81. The average Bonchev–Trinajstić information content (AvgIpc) is 3.31. The monoisotopic (exact) mass is 436 g/mol. The van der Waals surface area contributed by atoms with Crippen molar-refractivity contribution in [1.29, 1.82) is 10.5 Å². The van der Waals surface area contributed by atoms with E-state index in [1.54, 1.807) is 12.1 Å². The van der Waals surface area contributed by atoms with E-state index in [0.29, 0.717) is 5.56 Å². The lowest BCUT2D eigenvalue weighted by Crippen LogP contribution is -2.25. The third kappa shape index (κ3) is 4.43. The number of nitriles is 2. The van der Waals surface area contributed by atoms with Crippen LogP contribution >= 0.6 is 0 Å². The Morgan fingerprint density at radius 2 is 1.29 bits per heavy atom. The molecule has 162 valence electrons. The molecule has 0 aromatic heterocycles. The normalized spacial score (nSPS) is 19.0. The molecule has 0 amide bonds. The van der Waals surface area contributed by atoms with Crippen molar-refractivity contribution in [3.05, 3.63) is 47.5 Å². The van der Waals surface area contributed by atoms with Gasteiger partial charge in [-0.3, -0.25) is 0 Å². The van der Waals surface area contributed by atoms with E-state index in [0.717, 1.165) is 18.4 Å². The minimum absolute atomic E-state index is 0. The van der Waals surface area contributed by atoms with E-state index in [9.17, 15) is 17.6 Å². The van der Waals surface area contributed by atoms with Gasteiger partial charge in [-0.1, -0.05) is 19.6 Å². The van der Waals surface area contributed by atoms with Crippen LogP contribution in [0.5, 0.6) is 23.0 Å². The maximum Gasteiger partial charge on any atom is 0.586 e. The number of halogens is 4. The quantitative estimate of drug-likeness (QED) is 0.596. The molecule has 2 aromatic carbocycles. The zero-order valence-electron chi connectivity index (χ0n) is 15.1. The summed E-state index contributed by atoms with van der Waals surface area (Å²) >= 11 is 0. The first-order valence-corrected chi connectivity index (χ1v) is 8.73. The SMILES string of the molecule is C.N#CC1(c2ccc3c(c2)OC(F)(F)O3)CC1.N#CCc1ccc2c(c1)OC(F)(F)O2. The first-order chi connectivity index (χ1) is 14.2. The molecule has 1 fully saturated rings. The summed E-state index contributed by atoms with van der Waals surface area (Å²) in [6.45, 7) is 0. The topological polar surface area (TPSA) is 84.5 Å². The van der Waals surface area contributed by atoms with Gasteiger partial charge in [-0.05, 0) is 48.2 Å². The Bertz CT molecular complexity index is 1090. The van der Waals surface area contributed by atoms with E-state index < -0.39 is 18.0 Å². The molecule has 0 spiro atoms. The summed E-state index contributed by atoms with van der Waals surface area (Å²) in [5.41, 5.74) is 0.832. The van der Waals surface area contributed by atoms with Crippen LogP contribution < -0.4 is 18.9 Å². The molecule has 1 aliphatic carbocycles. The third-order valence-corrected chi connectivity index (χ3v) is 4.67. The van der Waals surface area contributed by atoms with Crippen molar-refractivity contribution >= 4 is 0 Å². The van der Waals surface area contributed by atoms with Gasteiger partial charge in [0.2, 0.25) is 0 Å². The molecule has 2 aromatic rings. The van der Waals surface area contributed by atoms with Crippen LogP contribution in [0, 0.1) is 22.7 Å². The Morgan fingerprint density at radius 1 is 0.774 bits per heavy atom. The van der Waals surface area contributed by atoms with Crippen molar-refractivity contribution in [2.45, 2.75) is 44.7 Å². The summed E-state index contributed by atoms with van der Waals surface area (Å²) in [6.07, 6.45) is -5.50. The summed E-state index contributed by atoms with van der Waals surface area (Å²) in [6, 6.07) is 12.9. The lowest BCUT2D eigenvalue weighted by Gasteiger charge is -2.06. The van der Waals surface area contributed by atoms with Crippen LogP contribution in [-0.2, 0) is 11.8 Å². The predicted octanol–water partition coefficient (Wildman–Crippen LogP) is 5.27. The molecule has 0 bridgehead atoms. The van der Waals surface area contributed by atoms with Gasteiger partial charge in [0, 0.05) is 0 Å². The summed E-state index contributed by atoms with van der Waals surface area (Å²) < 4.78 is 67.6. The van der Waals surface area contributed by atoms with Crippen LogP contribution in [0.1, 0.15) is 31.4 Å². The highest BCUT2D eigenvalue weighted by Gasteiger charge is 2.48. The van der Waals surface area contributed by atoms with Gasteiger partial charge in [-0.15, -0.1) is 17.6 Å². The average molecular weight is 436 g/mol. The van der Waals surface area contributed by atoms with Crippen LogP contribution in [-0.4, -0.2) is 12.6 Å². The minimum atomic E-state index is -3.59.